The summed E-state index contributed by atoms with van der Waals surface area (Å²) in [5.41, 5.74) is 4.24. The van der Waals surface area contributed by atoms with Crippen LogP contribution in [0.25, 0.3) is 0 Å². The van der Waals surface area contributed by atoms with Crippen LogP contribution in [0, 0.1) is 5.92 Å². The Hall–Kier alpha value is -1.06. The molecule has 1 rings (SSSR count). The van der Waals surface area contributed by atoms with Crippen LogP contribution in [-0.2, 0) is 11.3 Å². The van der Waals surface area contributed by atoms with E-state index in [1.54, 1.807) is 0 Å². The molecular weight excluding hydrogens is 226 g/mol. The largest absolute Gasteiger partial charge is 0.494 e. The van der Waals surface area contributed by atoms with Gasteiger partial charge in [-0.05, 0) is 43.4 Å². The molecule has 0 fully saturated rings. The summed E-state index contributed by atoms with van der Waals surface area (Å²) in [6.07, 6.45) is 2.06. The molecule has 102 valence electrons. The molecule has 0 amide bonds. The van der Waals surface area contributed by atoms with Gasteiger partial charge in [0.25, 0.3) is 0 Å². The van der Waals surface area contributed by atoms with Crippen LogP contribution in [0.1, 0.15) is 32.8 Å². The van der Waals surface area contributed by atoms with Gasteiger partial charge >= 0.3 is 0 Å². The minimum absolute atomic E-state index is 0.693. The Kier molecular flexibility index (Phi) is 7.46. The maximum Gasteiger partial charge on any atom is 0.119 e. The SMILES string of the molecule is CCONCCCOc1ccc(CC(C)C)cc1. The number of nitrogens with one attached hydrogen (secondary N) is 1. The summed E-state index contributed by atoms with van der Waals surface area (Å²) in [5, 5.41) is 0. The van der Waals surface area contributed by atoms with E-state index in [-0.39, 0.29) is 0 Å². The van der Waals surface area contributed by atoms with Gasteiger partial charge in [0.15, 0.2) is 0 Å². The quantitative estimate of drug-likeness (QED) is 0.540. The number of benzene rings is 1. The molecule has 0 aromatic heterocycles. The van der Waals surface area contributed by atoms with Crippen molar-refractivity contribution in [3.63, 3.8) is 0 Å². The van der Waals surface area contributed by atoms with Crippen LogP contribution in [0.4, 0.5) is 0 Å². The lowest BCUT2D eigenvalue weighted by molar-refractivity contribution is 0.0481. The van der Waals surface area contributed by atoms with E-state index in [4.69, 9.17) is 9.57 Å². The third kappa shape index (κ3) is 6.62. The number of hydroxylamine groups is 1. The fourth-order valence-corrected chi connectivity index (χ4v) is 1.70. The summed E-state index contributed by atoms with van der Waals surface area (Å²) in [6.45, 7) is 8.65. The highest BCUT2D eigenvalue weighted by Crippen LogP contribution is 2.14. The Labute approximate surface area is 110 Å². The Morgan fingerprint density at radius 3 is 2.50 bits per heavy atom. The van der Waals surface area contributed by atoms with E-state index < -0.39 is 0 Å². The number of rotatable bonds is 9. The third-order valence-electron chi connectivity index (χ3n) is 2.51. The molecule has 3 heteroatoms. The topological polar surface area (TPSA) is 30.5 Å². The molecular formula is C15H25NO2. The standard InChI is InChI=1S/C15H25NO2/c1-4-18-16-10-5-11-17-15-8-6-14(7-9-15)12-13(2)3/h6-9,13,16H,4-5,10-12H2,1-3H3. The molecule has 0 bridgehead atoms. The molecule has 0 saturated heterocycles. The molecule has 0 heterocycles. The Morgan fingerprint density at radius 2 is 1.89 bits per heavy atom. The van der Waals surface area contributed by atoms with E-state index in [9.17, 15) is 0 Å². The van der Waals surface area contributed by atoms with Crippen molar-refractivity contribution in [2.24, 2.45) is 5.92 Å². The molecule has 0 unspecified atom stereocenters. The molecule has 0 aliphatic carbocycles. The van der Waals surface area contributed by atoms with Gasteiger partial charge in [-0.1, -0.05) is 26.0 Å². The van der Waals surface area contributed by atoms with Crippen LogP contribution in [-0.4, -0.2) is 19.8 Å². The average molecular weight is 251 g/mol. The van der Waals surface area contributed by atoms with Crippen molar-refractivity contribution >= 4 is 0 Å². The highest BCUT2D eigenvalue weighted by Gasteiger charge is 1.98. The minimum Gasteiger partial charge on any atom is -0.494 e. The molecule has 3 nitrogen and oxygen atoms in total. The lowest BCUT2D eigenvalue weighted by atomic mass is 10.0. The first-order valence-electron chi connectivity index (χ1n) is 6.78. The van der Waals surface area contributed by atoms with Crippen molar-refractivity contribution in [1.82, 2.24) is 5.48 Å². The summed E-state index contributed by atoms with van der Waals surface area (Å²) >= 11 is 0. The zero-order valence-corrected chi connectivity index (χ0v) is 11.7. The van der Waals surface area contributed by atoms with Crippen LogP contribution >= 0.6 is 0 Å². The van der Waals surface area contributed by atoms with Gasteiger partial charge in [-0.2, -0.15) is 0 Å². The first-order valence-corrected chi connectivity index (χ1v) is 6.78. The highest BCUT2D eigenvalue weighted by atomic mass is 16.6. The molecule has 0 atom stereocenters. The molecule has 0 radical (unpaired) electrons. The smallest absolute Gasteiger partial charge is 0.119 e. The zero-order valence-electron chi connectivity index (χ0n) is 11.7. The predicted octanol–water partition coefficient (Wildman–Crippen LogP) is 3.20. The molecule has 0 saturated carbocycles. The van der Waals surface area contributed by atoms with Gasteiger partial charge in [0.1, 0.15) is 5.75 Å². The van der Waals surface area contributed by atoms with Crippen molar-refractivity contribution in [1.29, 1.82) is 0 Å². The van der Waals surface area contributed by atoms with E-state index in [2.05, 4.69) is 31.5 Å². The molecule has 0 aliphatic rings. The van der Waals surface area contributed by atoms with Crippen LogP contribution < -0.4 is 10.2 Å². The van der Waals surface area contributed by atoms with E-state index in [0.29, 0.717) is 19.1 Å². The lowest BCUT2D eigenvalue weighted by Crippen LogP contribution is -2.17. The number of ether oxygens (including phenoxy) is 1. The molecule has 0 aliphatic heterocycles. The summed E-state index contributed by atoms with van der Waals surface area (Å²) in [5.74, 6) is 1.64. The van der Waals surface area contributed by atoms with Gasteiger partial charge in [0.05, 0.1) is 13.2 Å². The molecule has 1 aromatic carbocycles. The number of hydrogen-bond acceptors (Lipinski definition) is 3. The van der Waals surface area contributed by atoms with Gasteiger partial charge in [0.2, 0.25) is 0 Å². The van der Waals surface area contributed by atoms with Crippen molar-refractivity contribution in [3.8, 4) is 5.75 Å². The second-order valence-electron chi connectivity index (χ2n) is 4.77. The van der Waals surface area contributed by atoms with Crippen LogP contribution in [0.15, 0.2) is 24.3 Å². The molecule has 1 N–H and O–H groups in total. The second kappa shape index (κ2) is 8.95. The second-order valence-corrected chi connectivity index (χ2v) is 4.77. The minimum atomic E-state index is 0.693. The summed E-state index contributed by atoms with van der Waals surface area (Å²) in [6, 6.07) is 8.39. The summed E-state index contributed by atoms with van der Waals surface area (Å²) in [4.78, 5) is 5.03. The normalized spacial score (nSPS) is 10.9. The number of hydrogen-bond donors (Lipinski definition) is 1. The summed E-state index contributed by atoms with van der Waals surface area (Å²) in [7, 11) is 0. The first kappa shape index (κ1) is 15.0. The maximum atomic E-state index is 5.65. The van der Waals surface area contributed by atoms with E-state index >= 15 is 0 Å². The van der Waals surface area contributed by atoms with Gasteiger partial charge in [-0.15, -0.1) is 0 Å². The zero-order chi connectivity index (χ0) is 13.2. The van der Waals surface area contributed by atoms with Crippen LogP contribution in [0.3, 0.4) is 0 Å². The average Bonchev–Trinajstić information content (AvgIpc) is 2.35. The Balaban J connectivity index is 2.18. The molecule has 18 heavy (non-hydrogen) atoms. The molecule has 1 aromatic rings. The maximum absolute atomic E-state index is 5.65. The monoisotopic (exact) mass is 251 g/mol. The Bertz CT molecular complexity index is 309. The van der Waals surface area contributed by atoms with Gasteiger partial charge in [-0.3, -0.25) is 0 Å². The van der Waals surface area contributed by atoms with Gasteiger partial charge in [-0.25, -0.2) is 5.48 Å². The van der Waals surface area contributed by atoms with E-state index in [1.165, 1.54) is 5.56 Å². The van der Waals surface area contributed by atoms with Crippen molar-refractivity contribution < 1.29 is 9.57 Å². The highest BCUT2D eigenvalue weighted by molar-refractivity contribution is 5.27. The van der Waals surface area contributed by atoms with Crippen LogP contribution in [0.5, 0.6) is 5.75 Å². The van der Waals surface area contributed by atoms with Crippen molar-refractivity contribution in [3.05, 3.63) is 29.8 Å². The van der Waals surface area contributed by atoms with Crippen LogP contribution in [0.2, 0.25) is 0 Å². The lowest BCUT2D eigenvalue weighted by Gasteiger charge is -2.09. The van der Waals surface area contributed by atoms with Crippen molar-refractivity contribution in [2.75, 3.05) is 19.8 Å². The van der Waals surface area contributed by atoms with Gasteiger partial charge in [0, 0.05) is 6.54 Å². The summed E-state index contributed by atoms with van der Waals surface area (Å²) < 4.78 is 5.65. The fourth-order valence-electron chi connectivity index (χ4n) is 1.70. The predicted molar refractivity (Wildman–Crippen MR) is 74.7 cm³/mol. The fraction of sp³-hybridized carbons (Fsp3) is 0.600. The molecule has 0 spiro atoms. The van der Waals surface area contributed by atoms with Crippen molar-refractivity contribution in [2.45, 2.75) is 33.6 Å². The third-order valence-corrected chi connectivity index (χ3v) is 2.51. The van der Waals surface area contributed by atoms with E-state index in [1.807, 2.05) is 19.1 Å². The first-order chi connectivity index (χ1) is 8.72. The Morgan fingerprint density at radius 1 is 1.17 bits per heavy atom. The van der Waals surface area contributed by atoms with Gasteiger partial charge < -0.3 is 9.57 Å². The van der Waals surface area contributed by atoms with E-state index in [0.717, 1.165) is 25.1 Å².